The Morgan fingerprint density at radius 1 is 1.55 bits per heavy atom. The predicted molar refractivity (Wildman–Crippen MR) is 73.2 cm³/mol. The van der Waals surface area contributed by atoms with Crippen molar-refractivity contribution in [2.45, 2.75) is 32.0 Å². The molecule has 5 nitrogen and oxygen atoms in total. The van der Waals surface area contributed by atoms with E-state index in [0.29, 0.717) is 17.9 Å². The Morgan fingerprint density at radius 2 is 2.30 bits per heavy atom. The lowest BCUT2D eigenvalue weighted by atomic mass is 10.2. The number of carbonyl (C=O) groups excluding carboxylic acids is 1. The average molecular weight is 274 g/mol. The van der Waals surface area contributed by atoms with Gasteiger partial charge in [0.05, 0.1) is 17.7 Å². The minimum Gasteiger partial charge on any atom is -0.481 e. The lowest BCUT2D eigenvalue weighted by Crippen LogP contribution is -2.40. The van der Waals surface area contributed by atoms with Gasteiger partial charge in [0.25, 0.3) is 5.91 Å². The third-order valence-electron chi connectivity index (χ3n) is 3.19. The lowest BCUT2D eigenvalue weighted by molar-refractivity contribution is -0.127. The molecular weight excluding hydrogens is 256 g/mol. The summed E-state index contributed by atoms with van der Waals surface area (Å²) in [6.45, 7) is 3.00. The SMILES string of the molecule is C[C@@H](Oc1ccc(C#N)cc1)C(=O)NC[C@H]1CCCO1. The number of carbonyl (C=O) groups is 1. The Kier molecular flexibility index (Phi) is 4.97. The maximum Gasteiger partial charge on any atom is 0.260 e. The molecule has 2 atom stereocenters. The number of nitrogens with zero attached hydrogens (tertiary/aromatic N) is 1. The van der Waals surface area contributed by atoms with Crippen LogP contribution in [-0.4, -0.2) is 31.3 Å². The molecule has 2 rings (SSSR count). The molecule has 0 saturated carbocycles. The van der Waals surface area contributed by atoms with Gasteiger partial charge in [-0.15, -0.1) is 0 Å². The fourth-order valence-corrected chi connectivity index (χ4v) is 2.03. The molecule has 1 fully saturated rings. The maximum atomic E-state index is 11.9. The van der Waals surface area contributed by atoms with Crippen molar-refractivity contribution in [1.82, 2.24) is 5.32 Å². The summed E-state index contributed by atoms with van der Waals surface area (Å²) in [5.74, 6) is 0.411. The predicted octanol–water partition coefficient (Wildman–Crippen LogP) is 1.62. The molecule has 1 N–H and O–H groups in total. The van der Waals surface area contributed by atoms with Gasteiger partial charge in [-0.1, -0.05) is 0 Å². The molecule has 1 saturated heterocycles. The molecule has 0 radical (unpaired) electrons. The largest absolute Gasteiger partial charge is 0.481 e. The van der Waals surface area contributed by atoms with Gasteiger partial charge >= 0.3 is 0 Å². The highest BCUT2D eigenvalue weighted by Gasteiger charge is 2.19. The zero-order valence-corrected chi connectivity index (χ0v) is 11.5. The van der Waals surface area contributed by atoms with Crippen molar-refractivity contribution in [1.29, 1.82) is 5.26 Å². The van der Waals surface area contributed by atoms with E-state index in [4.69, 9.17) is 14.7 Å². The molecule has 0 aromatic heterocycles. The van der Waals surface area contributed by atoms with Crippen LogP contribution in [0.15, 0.2) is 24.3 Å². The second-order valence-corrected chi connectivity index (χ2v) is 4.78. The van der Waals surface area contributed by atoms with Crippen LogP contribution in [0.1, 0.15) is 25.3 Å². The monoisotopic (exact) mass is 274 g/mol. The van der Waals surface area contributed by atoms with Gasteiger partial charge in [-0.25, -0.2) is 0 Å². The highest BCUT2D eigenvalue weighted by Crippen LogP contribution is 2.14. The summed E-state index contributed by atoms with van der Waals surface area (Å²) in [5, 5.41) is 11.5. The second kappa shape index (κ2) is 6.92. The van der Waals surface area contributed by atoms with Crippen molar-refractivity contribution in [3.8, 4) is 11.8 Å². The highest BCUT2D eigenvalue weighted by atomic mass is 16.5. The van der Waals surface area contributed by atoms with Crippen LogP contribution in [0, 0.1) is 11.3 Å². The first-order valence-corrected chi connectivity index (χ1v) is 6.75. The third kappa shape index (κ3) is 3.97. The molecule has 5 heteroatoms. The van der Waals surface area contributed by atoms with Gasteiger partial charge in [0.1, 0.15) is 5.75 Å². The average Bonchev–Trinajstić information content (AvgIpc) is 2.98. The van der Waals surface area contributed by atoms with E-state index in [1.165, 1.54) is 0 Å². The topological polar surface area (TPSA) is 71.3 Å². The summed E-state index contributed by atoms with van der Waals surface area (Å²) in [4.78, 5) is 11.9. The van der Waals surface area contributed by atoms with Crippen molar-refractivity contribution >= 4 is 5.91 Å². The Balaban J connectivity index is 1.79. The maximum absolute atomic E-state index is 11.9. The van der Waals surface area contributed by atoms with E-state index in [2.05, 4.69) is 5.32 Å². The van der Waals surface area contributed by atoms with Gasteiger partial charge in [0.15, 0.2) is 6.10 Å². The van der Waals surface area contributed by atoms with Crippen molar-refractivity contribution in [2.24, 2.45) is 0 Å². The van der Waals surface area contributed by atoms with Crippen molar-refractivity contribution in [3.05, 3.63) is 29.8 Å². The summed E-state index contributed by atoms with van der Waals surface area (Å²) in [6.07, 6.45) is 1.59. The minimum absolute atomic E-state index is 0.126. The van der Waals surface area contributed by atoms with E-state index in [1.54, 1.807) is 31.2 Å². The number of rotatable bonds is 5. The van der Waals surface area contributed by atoms with Crippen LogP contribution in [0.2, 0.25) is 0 Å². The van der Waals surface area contributed by atoms with Crippen LogP contribution >= 0.6 is 0 Å². The molecular formula is C15H18N2O3. The van der Waals surface area contributed by atoms with Crippen LogP contribution in [0.4, 0.5) is 0 Å². The Bertz CT molecular complexity index is 487. The van der Waals surface area contributed by atoms with E-state index in [-0.39, 0.29) is 12.0 Å². The lowest BCUT2D eigenvalue weighted by Gasteiger charge is -2.16. The first kappa shape index (κ1) is 14.4. The number of hydrogen-bond acceptors (Lipinski definition) is 4. The highest BCUT2D eigenvalue weighted by molar-refractivity contribution is 5.80. The van der Waals surface area contributed by atoms with Crippen LogP contribution in [0.3, 0.4) is 0 Å². The Morgan fingerprint density at radius 3 is 2.90 bits per heavy atom. The summed E-state index contributed by atoms with van der Waals surface area (Å²) >= 11 is 0. The van der Waals surface area contributed by atoms with Gasteiger partial charge in [0, 0.05) is 13.2 Å². The first-order chi connectivity index (χ1) is 9.69. The van der Waals surface area contributed by atoms with Gasteiger partial charge in [-0.05, 0) is 44.0 Å². The number of ether oxygens (including phenoxy) is 2. The number of nitrogens with one attached hydrogen (secondary N) is 1. The molecule has 20 heavy (non-hydrogen) atoms. The number of hydrogen-bond donors (Lipinski definition) is 1. The van der Waals surface area contributed by atoms with Crippen LogP contribution in [0.5, 0.6) is 5.75 Å². The molecule has 1 aromatic rings. The van der Waals surface area contributed by atoms with E-state index in [9.17, 15) is 4.79 Å². The van der Waals surface area contributed by atoms with Gasteiger partial charge in [0.2, 0.25) is 0 Å². The van der Waals surface area contributed by atoms with Crippen LogP contribution in [0.25, 0.3) is 0 Å². The van der Waals surface area contributed by atoms with Gasteiger partial charge in [-0.2, -0.15) is 5.26 Å². The number of benzene rings is 1. The van der Waals surface area contributed by atoms with Gasteiger partial charge < -0.3 is 14.8 Å². The fourth-order valence-electron chi connectivity index (χ4n) is 2.03. The number of nitriles is 1. The van der Waals surface area contributed by atoms with E-state index in [0.717, 1.165) is 19.4 Å². The van der Waals surface area contributed by atoms with E-state index >= 15 is 0 Å². The molecule has 1 amide bonds. The fraction of sp³-hybridized carbons (Fsp3) is 0.467. The molecule has 1 aromatic carbocycles. The summed E-state index contributed by atoms with van der Waals surface area (Å²) in [7, 11) is 0. The molecule has 0 unspecified atom stereocenters. The van der Waals surface area contributed by atoms with E-state index in [1.807, 2.05) is 6.07 Å². The van der Waals surface area contributed by atoms with Crippen molar-refractivity contribution < 1.29 is 14.3 Å². The molecule has 0 spiro atoms. The Labute approximate surface area is 118 Å². The van der Waals surface area contributed by atoms with E-state index < -0.39 is 6.10 Å². The second-order valence-electron chi connectivity index (χ2n) is 4.78. The smallest absolute Gasteiger partial charge is 0.260 e. The van der Waals surface area contributed by atoms with Gasteiger partial charge in [-0.3, -0.25) is 4.79 Å². The quantitative estimate of drug-likeness (QED) is 0.885. The van der Waals surface area contributed by atoms with Crippen LogP contribution in [-0.2, 0) is 9.53 Å². The standard InChI is InChI=1S/C15H18N2O3/c1-11(15(18)17-10-14-3-2-8-19-14)20-13-6-4-12(9-16)5-7-13/h4-7,11,14H,2-3,8,10H2,1H3,(H,17,18)/t11-,14-/m1/s1. The Hall–Kier alpha value is -2.06. The van der Waals surface area contributed by atoms with Crippen LogP contribution < -0.4 is 10.1 Å². The first-order valence-electron chi connectivity index (χ1n) is 6.75. The molecule has 1 aliphatic heterocycles. The summed E-state index contributed by atoms with van der Waals surface area (Å²) in [5.41, 5.74) is 0.563. The molecule has 0 bridgehead atoms. The molecule has 1 aliphatic rings. The molecule has 106 valence electrons. The molecule has 0 aliphatic carbocycles. The zero-order valence-electron chi connectivity index (χ0n) is 11.5. The minimum atomic E-state index is -0.579. The summed E-state index contributed by atoms with van der Waals surface area (Å²) in [6, 6.07) is 8.72. The number of amides is 1. The normalized spacial score (nSPS) is 19.1. The zero-order chi connectivity index (χ0) is 14.4. The third-order valence-corrected chi connectivity index (χ3v) is 3.19. The van der Waals surface area contributed by atoms with Crippen molar-refractivity contribution in [2.75, 3.05) is 13.2 Å². The van der Waals surface area contributed by atoms with Crippen molar-refractivity contribution in [3.63, 3.8) is 0 Å². The molecule has 1 heterocycles. The summed E-state index contributed by atoms with van der Waals surface area (Å²) < 4.78 is 11.0.